The van der Waals surface area contributed by atoms with Gasteiger partial charge in [-0.3, -0.25) is 10.1 Å². The molecule has 3 amide bonds. The van der Waals surface area contributed by atoms with Gasteiger partial charge in [0.2, 0.25) is 0 Å². The first-order chi connectivity index (χ1) is 13.9. The number of aromatic nitrogens is 1. The molecule has 3 rings (SSSR count). The van der Waals surface area contributed by atoms with Crippen LogP contribution in [0.25, 0.3) is 5.69 Å². The average molecular weight is 397 g/mol. The van der Waals surface area contributed by atoms with Crippen LogP contribution in [0.15, 0.2) is 36.4 Å². The van der Waals surface area contributed by atoms with Crippen molar-refractivity contribution in [1.82, 2.24) is 15.2 Å². The summed E-state index contributed by atoms with van der Waals surface area (Å²) in [6.45, 7) is 5.18. The molecule has 1 atom stereocenters. The second-order valence-electron chi connectivity index (χ2n) is 7.45. The quantitative estimate of drug-likeness (QED) is 0.757. The number of ether oxygens (including phenoxy) is 1. The van der Waals surface area contributed by atoms with Gasteiger partial charge in [-0.15, -0.1) is 0 Å². The van der Waals surface area contributed by atoms with Crippen LogP contribution in [0.2, 0.25) is 0 Å². The number of aryl methyl sites for hydroxylation is 1. The van der Waals surface area contributed by atoms with Crippen molar-refractivity contribution in [2.75, 3.05) is 0 Å². The maximum Gasteiger partial charge on any atom is 0.340 e. The first-order valence-electron chi connectivity index (χ1n) is 9.93. The molecule has 1 saturated carbocycles. The number of hydrogen-bond donors (Lipinski definition) is 2. The van der Waals surface area contributed by atoms with E-state index in [1.54, 1.807) is 6.07 Å². The predicted molar refractivity (Wildman–Crippen MR) is 109 cm³/mol. The molecular weight excluding hydrogens is 370 g/mol. The molecule has 1 fully saturated rings. The van der Waals surface area contributed by atoms with Gasteiger partial charge in [0, 0.05) is 23.1 Å². The second-order valence-corrected chi connectivity index (χ2v) is 7.45. The van der Waals surface area contributed by atoms with Gasteiger partial charge in [0.05, 0.1) is 5.56 Å². The van der Waals surface area contributed by atoms with Crippen molar-refractivity contribution >= 4 is 17.9 Å². The van der Waals surface area contributed by atoms with Crippen LogP contribution < -0.4 is 10.6 Å². The van der Waals surface area contributed by atoms with Gasteiger partial charge in [-0.25, -0.2) is 9.59 Å². The summed E-state index contributed by atoms with van der Waals surface area (Å²) >= 11 is 0. The van der Waals surface area contributed by atoms with E-state index >= 15 is 0 Å². The molecule has 1 unspecified atom stereocenters. The van der Waals surface area contributed by atoms with Gasteiger partial charge < -0.3 is 14.6 Å². The van der Waals surface area contributed by atoms with Crippen LogP contribution in [0.1, 0.15) is 54.4 Å². The van der Waals surface area contributed by atoms with Crippen LogP contribution in [0.4, 0.5) is 4.79 Å². The molecule has 0 radical (unpaired) electrons. The van der Waals surface area contributed by atoms with Crippen molar-refractivity contribution in [3.63, 3.8) is 0 Å². The number of benzene rings is 1. The maximum absolute atomic E-state index is 12.6. The monoisotopic (exact) mass is 397 g/mol. The summed E-state index contributed by atoms with van der Waals surface area (Å²) < 4.78 is 7.26. The summed E-state index contributed by atoms with van der Waals surface area (Å²) in [5.74, 6) is -1.25. The number of amides is 3. The lowest BCUT2D eigenvalue weighted by Crippen LogP contribution is -2.47. The van der Waals surface area contributed by atoms with Crippen LogP contribution >= 0.6 is 0 Å². The van der Waals surface area contributed by atoms with E-state index in [9.17, 15) is 14.4 Å². The average Bonchev–Trinajstić information content (AvgIpc) is 3.29. The molecule has 1 aromatic heterocycles. The molecule has 154 valence electrons. The number of nitrogens with zero attached hydrogens (tertiary/aromatic N) is 1. The van der Waals surface area contributed by atoms with Crippen LogP contribution in [0.3, 0.4) is 0 Å². The Kier molecular flexibility index (Phi) is 6.36. The molecule has 0 aliphatic heterocycles. The first-order valence-corrected chi connectivity index (χ1v) is 9.93. The summed E-state index contributed by atoms with van der Waals surface area (Å²) in [5, 5.41) is 5.02. The van der Waals surface area contributed by atoms with Crippen molar-refractivity contribution in [1.29, 1.82) is 0 Å². The SMILES string of the molecule is Cc1cc(C(=O)OC(C)C(=O)NC(=O)NC2CCCC2)c(C)n1-c1ccccc1. The molecule has 2 aromatic rings. The van der Waals surface area contributed by atoms with E-state index in [1.807, 2.05) is 48.7 Å². The van der Waals surface area contributed by atoms with E-state index in [1.165, 1.54) is 6.92 Å². The Labute approximate surface area is 170 Å². The minimum absolute atomic E-state index is 0.101. The van der Waals surface area contributed by atoms with Crippen molar-refractivity contribution < 1.29 is 19.1 Å². The number of imide groups is 1. The Hall–Kier alpha value is -3.09. The normalized spacial score (nSPS) is 15.0. The molecule has 1 aliphatic carbocycles. The lowest BCUT2D eigenvalue weighted by atomic mass is 10.2. The van der Waals surface area contributed by atoms with E-state index in [4.69, 9.17) is 4.74 Å². The van der Waals surface area contributed by atoms with E-state index in [-0.39, 0.29) is 6.04 Å². The van der Waals surface area contributed by atoms with Gasteiger partial charge in [0.1, 0.15) is 0 Å². The molecule has 1 heterocycles. The number of para-hydroxylation sites is 1. The van der Waals surface area contributed by atoms with E-state index in [0.29, 0.717) is 5.56 Å². The fraction of sp³-hybridized carbons (Fsp3) is 0.409. The molecule has 0 spiro atoms. The van der Waals surface area contributed by atoms with E-state index in [2.05, 4.69) is 10.6 Å². The highest BCUT2D eigenvalue weighted by Gasteiger charge is 2.25. The molecule has 7 heteroatoms. The Morgan fingerprint density at radius 1 is 1.10 bits per heavy atom. The van der Waals surface area contributed by atoms with Crippen molar-refractivity contribution in [2.45, 2.75) is 58.6 Å². The van der Waals surface area contributed by atoms with Gasteiger partial charge in [-0.05, 0) is 51.8 Å². The summed E-state index contributed by atoms with van der Waals surface area (Å²) in [7, 11) is 0. The molecule has 0 bridgehead atoms. The van der Waals surface area contributed by atoms with Gasteiger partial charge in [0.15, 0.2) is 6.10 Å². The predicted octanol–water partition coefficient (Wildman–Crippen LogP) is 3.41. The Balaban J connectivity index is 1.62. The van der Waals surface area contributed by atoms with Crippen LogP contribution in [0, 0.1) is 13.8 Å². The maximum atomic E-state index is 12.6. The zero-order valence-corrected chi connectivity index (χ0v) is 17.0. The summed E-state index contributed by atoms with van der Waals surface area (Å²) in [6, 6.07) is 11.0. The number of carbonyl (C=O) groups excluding carboxylic acids is 3. The highest BCUT2D eigenvalue weighted by Crippen LogP contribution is 2.22. The lowest BCUT2D eigenvalue weighted by Gasteiger charge is -2.15. The largest absolute Gasteiger partial charge is 0.449 e. The fourth-order valence-corrected chi connectivity index (χ4v) is 3.73. The topological polar surface area (TPSA) is 89.4 Å². The minimum Gasteiger partial charge on any atom is -0.449 e. The van der Waals surface area contributed by atoms with Crippen LogP contribution in [-0.2, 0) is 9.53 Å². The second kappa shape index (κ2) is 8.94. The van der Waals surface area contributed by atoms with Crippen LogP contribution in [0.5, 0.6) is 0 Å². The third-order valence-corrected chi connectivity index (χ3v) is 5.25. The number of esters is 1. The number of nitrogens with one attached hydrogen (secondary N) is 2. The third kappa shape index (κ3) is 4.85. The van der Waals surface area contributed by atoms with Crippen molar-refractivity contribution in [3.8, 4) is 5.69 Å². The van der Waals surface area contributed by atoms with E-state index < -0.39 is 24.0 Å². The fourth-order valence-electron chi connectivity index (χ4n) is 3.73. The van der Waals surface area contributed by atoms with Crippen molar-refractivity contribution in [3.05, 3.63) is 53.3 Å². The zero-order chi connectivity index (χ0) is 21.0. The standard InChI is InChI=1S/C22H27N3O4/c1-14-13-19(15(2)25(14)18-11-5-4-6-12-18)21(27)29-16(3)20(26)24-22(28)23-17-9-7-8-10-17/h4-6,11-13,16-17H,7-10H2,1-3H3,(H2,23,24,26,28). The summed E-state index contributed by atoms with van der Waals surface area (Å²) in [6.07, 6.45) is 2.91. The molecule has 29 heavy (non-hydrogen) atoms. The number of urea groups is 1. The van der Waals surface area contributed by atoms with Crippen LogP contribution in [-0.4, -0.2) is 34.6 Å². The lowest BCUT2D eigenvalue weighted by molar-refractivity contribution is -0.127. The number of hydrogen-bond acceptors (Lipinski definition) is 4. The number of carbonyl (C=O) groups is 3. The van der Waals surface area contributed by atoms with Gasteiger partial charge in [-0.2, -0.15) is 0 Å². The molecule has 1 aliphatic rings. The molecule has 1 aromatic carbocycles. The Bertz CT molecular complexity index is 898. The smallest absolute Gasteiger partial charge is 0.340 e. The van der Waals surface area contributed by atoms with Crippen molar-refractivity contribution in [2.24, 2.45) is 0 Å². The highest BCUT2D eigenvalue weighted by molar-refractivity contribution is 5.99. The first kappa shape index (κ1) is 20.6. The highest BCUT2D eigenvalue weighted by atomic mass is 16.5. The van der Waals surface area contributed by atoms with Gasteiger partial charge in [-0.1, -0.05) is 31.0 Å². The molecule has 0 saturated heterocycles. The summed E-state index contributed by atoms with van der Waals surface area (Å²) in [4.78, 5) is 36.8. The Morgan fingerprint density at radius 2 is 1.76 bits per heavy atom. The summed E-state index contributed by atoms with van der Waals surface area (Å²) in [5.41, 5.74) is 2.94. The molecule has 7 nitrogen and oxygen atoms in total. The third-order valence-electron chi connectivity index (χ3n) is 5.25. The minimum atomic E-state index is -1.09. The zero-order valence-electron chi connectivity index (χ0n) is 17.0. The number of rotatable bonds is 5. The van der Waals surface area contributed by atoms with Gasteiger partial charge in [0.25, 0.3) is 5.91 Å². The Morgan fingerprint density at radius 3 is 2.41 bits per heavy atom. The van der Waals surface area contributed by atoms with E-state index in [0.717, 1.165) is 42.8 Å². The molecule has 2 N–H and O–H groups in total. The van der Waals surface area contributed by atoms with Gasteiger partial charge >= 0.3 is 12.0 Å². The molecular formula is C22H27N3O4.